The van der Waals surface area contributed by atoms with E-state index in [-0.39, 0.29) is 11.8 Å². The standard InChI is InChI=1S/C16H19NO4/c1-10-8-17(9-13(10)16(19)20)15(18)7-11-2-3-14-12(6-11)4-5-21-14/h2-3,6,10,13H,4-5,7-9H2,1H3,(H,19,20)/t10-,13-/m1/s1. The molecular formula is C16H19NO4. The van der Waals surface area contributed by atoms with E-state index in [2.05, 4.69) is 0 Å². The molecule has 2 atom stereocenters. The van der Waals surface area contributed by atoms with Crippen LogP contribution in [0.3, 0.4) is 0 Å². The highest BCUT2D eigenvalue weighted by molar-refractivity contribution is 5.81. The minimum Gasteiger partial charge on any atom is -0.493 e. The lowest BCUT2D eigenvalue weighted by Crippen LogP contribution is -2.31. The van der Waals surface area contributed by atoms with E-state index >= 15 is 0 Å². The van der Waals surface area contributed by atoms with Gasteiger partial charge in [-0.3, -0.25) is 9.59 Å². The topological polar surface area (TPSA) is 66.8 Å². The van der Waals surface area contributed by atoms with Crippen LogP contribution in [0.5, 0.6) is 5.75 Å². The number of carboxylic acid groups (broad SMARTS) is 1. The third kappa shape index (κ3) is 2.73. The van der Waals surface area contributed by atoms with Gasteiger partial charge < -0.3 is 14.7 Å². The second-order valence-corrected chi connectivity index (χ2v) is 5.94. The Bertz CT molecular complexity index is 584. The van der Waals surface area contributed by atoms with Crippen LogP contribution in [0.25, 0.3) is 0 Å². The Hall–Kier alpha value is -2.04. The fourth-order valence-corrected chi connectivity index (χ4v) is 3.13. The SMILES string of the molecule is C[C@@H]1CN(C(=O)Cc2ccc3c(c2)CCO3)C[C@H]1C(=O)O. The van der Waals surface area contributed by atoms with E-state index in [0.29, 0.717) is 26.1 Å². The van der Waals surface area contributed by atoms with Gasteiger partial charge in [0.2, 0.25) is 5.91 Å². The zero-order valence-electron chi connectivity index (χ0n) is 12.0. The lowest BCUT2D eigenvalue weighted by Gasteiger charge is -2.16. The van der Waals surface area contributed by atoms with Crippen LogP contribution in [0.15, 0.2) is 18.2 Å². The maximum absolute atomic E-state index is 12.3. The molecule has 1 aromatic carbocycles. The maximum atomic E-state index is 12.3. The number of benzene rings is 1. The van der Waals surface area contributed by atoms with Gasteiger partial charge in [-0.2, -0.15) is 0 Å². The minimum atomic E-state index is -0.813. The molecule has 1 fully saturated rings. The van der Waals surface area contributed by atoms with E-state index in [9.17, 15) is 9.59 Å². The van der Waals surface area contributed by atoms with Gasteiger partial charge in [-0.25, -0.2) is 0 Å². The first kappa shape index (κ1) is 13.9. The molecule has 0 unspecified atom stereocenters. The van der Waals surface area contributed by atoms with Gasteiger partial charge in [-0.05, 0) is 23.1 Å². The molecule has 2 heterocycles. The number of hydrogen-bond donors (Lipinski definition) is 1. The first-order valence-electron chi connectivity index (χ1n) is 7.30. The van der Waals surface area contributed by atoms with Crippen LogP contribution in [0.4, 0.5) is 0 Å². The van der Waals surface area contributed by atoms with Crippen molar-refractivity contribution in [2.45, 2.75) is 19.8 Å². The predicted octanol–water partition coefficient (Wildman–Crippen LogP) is 1.34. The summed E-state index contributed by atoms with van der Waals surface area (Å²) in [5.74, 6) is -0.328. The molecule has 0 aliphatic carbocycles. The number of aliphatic carboxylic acids is 1. The predicted molar refractivity (Wildman–Crippen MR) is 76.2 cm³/mol. The van der Waals surface area contributed by atoms with E-state index in [1.807, 2.05) is 25.1 Å². The van der Waals surface area contributed by atoms with Crippen molar-refractivity contribution in [3.05, 3.63) is 29.3 Å². The number of ether oxygens (including phenoxy) is 1. The zero-order chi connectivity index (χ0) is 15.0. The molecule has 2 aliphatic rings. The first-order valence-corrected chi connectivity index (χ1v) is 7.30. The molecule has 1 N–H and O–H groups in total. The van der Waals surface area contributed by atoms with Gasteiger partial charge >= 0.3 is 5.97 Å². The van der Waals surface area contributed by atoms with Gasteiger partial charge in [0.15, 0.2) is 0 Å². The third-order valence-electron chi connectivity index (χ3n) is 4.39. The quantitative estimate of drug-likeness (QED) is 0.912. The van der Waals surface area contributed by atoms with Crippen molar-refractivity contribution in [2.24, 2.45) is 11.8 Å². The summed E-state index contributed by atoms with van der Waals surface area (Å²) < 4.78 is 5.45. The largest absolute Gasteiger partial charge is 0.493 e. The Balaban J connectivity index is 1.66. The Morgan fingerprint density at radius 3 is 2.90 bits per heavy atom. The van der Waals surface area contributed by atoms with E-state index in [1.54, 1.807) is 4.90 Å². The Kier molecular flexibility index (Phi) is 3.57. The number of fused-ring (bicyclic) bond motifs is 1. The number of likely N-dealkylation sites (tertiary alicyclic amines) is 1. The van der Waals surface area contributed by atoms with Crippen molar-refractivity contribution in [3.63, 3.8) is 0 Å². The zero-order valence-corrected chi connectivity index (χ0v) is 12.0. The van der Waals surface area contributed by atoms with E-state index in [1.165, 1.54) is 0 Å². The summed E-state index contributed by atoms with van der Waals surface area (Å²) >= 11 is 0. The molecule has 5 heteroatoms. The highest BCUT2D eigenvalue weighted by Crippen LogP contribution is 2.27. The van der Waals surface area contributed by atoms with Gasteiger partial charge in [0, 0.05) is 19.5 Å². The van der Waals surface area contributed by atoms with Crippen molar-refractivity contribution in [2.75, 3.05) is 19.7 Å². The summed E-state index contributed by atoms with van der Waals surface area (Å²) in [4.78, 5) is 25.1. The molecule has 1 saturated heterocycles. The first-order chi connectivity index (χ1) is 10.0. The van der Waals surface area contributed by atoms with Crippen molar-refractivity contribution in [1.29, 1.82) is 0 Å². The molecule has 3 rings (SSSR count). The molecule has 5 nitrogen and oxygen atoms in total. The average molecular weight is 289 g/mol. The fraction of sp³-hybridized carbons (Fsp3) is 0.500. The summed E-state index contributed by atoms with van der Waals surface area (Å²) in [6.45, 7) is 3.45. The van der Waals surface area contributed by atoms with Crippen molar-refractivity contribution >= 4 is 11.9 Å². The second kappa shape index (κ2) is 5.39. The lowest BCUT2D eigenvalue weighted by atomic mass is 9.99. The molecule has 0 aromatic heterocycles. The van der Waals surface area contributed by atoms with Crippen molar-refractivity contribution in [1.82, 2.24) is 4.90 Å². The summed E-state index contributed by atoms with van der Waals surface area (Å²) in [7, 11) is 0. The number of carbonyl (C=O) groups excluding carboxylic acids is 1. The normalized spacial score (nSPS) is 23.8. The average Bonchev–Trinajstić information content (AvgIpc) is 3.04. The molecule has 21 heavy (non-hydrogen) atoms. The lowest BCUT2D eigenvalue weighted by molar-refractivity contribution is -0.142. The molecule has 0 radical (unpaired) electrons. The van der Waals surface area contributed by atoms with Crippen LogP contribution >= 0.6 is 0 Å². The maximum Gasteiger partial charge on any atom is 0.308 e. The number of carboxylic acids is 1. The smallest absolute Gasteiger partial charge is 0.308 e. The molecule has 1 amide bonds. The molecule has 2 aliphatic heterocycles. The second-order valence-electron chi connectivity index (χ2n) is 5.94. The highest BCUT2D eigenvalue weighted by atomic mass is 16.5. The summed E-state index contributed by atoms with van der Waals surface area (Å²) in [5, 5.41) is 9.13. The Morgan fingerprint density at radius 1 is 1.38 bits per heavy atom. The Labute approximate surface area is 123 Å². The van der Waals surface area contributed by atoms with E-state index < -0.39 is 11.9 Å². The summed E-state index contributed by atoms with van der Waals surface area (Å²) in [5.41, 5.74) is 2.12. The number of hydrogen-bond acceptors (Lipinski definition) is 3. The number of carbonyl (C=O) groups is 2. The monoisotopic (exact) mass is 289 g/mol. The summed E-state index contributed by atoms with van der Waals surface area (Å²) in [6, 6.07) is 5.85. The van der Waals surface area contributed by atoms with Gasteiger partial charge in [0.1, 0.15) is 5.75 Å². The van der Waals surface area contributed by atoms with Crippen LogP contribution in [0.2, 0.25) is 0 Å². The van der Waals surface area contributed by atoms with Gasteiger partial charge in [-0.1, -0.05) is 19.1 Å². The molecule has 0 spiro atoms. The van der Waals surface area contributed by atoms with Crippen LogP contribution in [-0.2, 0) is 22.4 Å². The van der Waals surface area contributed by atoms with Crippen LogP contribution in [0.1, 0.15) is 18.1 Å². The molecule has 0 bridgehead atoms. The van der Waals surface area contributed by atoms with Crippen LogP contribution in [-0.4, -0.2) is 41.6 Å². The van der Waals surface area contributed by atoms with E-state index in [4.69, 9.17) is 9.84 Å². The van der Waals surface area contributed by atoms with Crippen LogP contribution < -0.4 is 4.74 Å². The van der Waals surface area contributed by atoms with Crippen LogP contribution in [0, 0.1) is 11.8 Å². The number of amides is 1. The molecule has 1 aromatic rings. The fourth-order valence-electron chi connectivity index (χ4n) is 3.13. The minimum absolute atomic E-state index is 0.00413. The number of rotatable bonds is 3. The molecule has 0 saturated carbocycles. The van der Waals surface area contributed by atoms with Gasteiger partial charge in [0.05, 0.1) is 18.9 Å². The van der Waals surface area contributed by atoms with E-state index in [0.717, 1.165) is 23.3 Å². The summed E-state index contributed by atoms with van der Waals surface area (Å²) in [6.07, 6.45) is 1.21. The van der Waals surface area contributed by atoms with Gasteiger partial charge in [0.25, 0.3) is 0 Å². The Morgan fingerprint density at radius 2 is 2.19 bits per heavy atom. The number of nitrogens with zero attached hydrogens (tertiary/aromatic N) is 1. The third-order valence-corrected chi connectivity index (χ3v) is 4.39. The molecular weight excluding hydrogens is 270 g/mol. The highest BCUT2D eigenvalue weighted by Gasteiger charge is 2.36. The molecule has 112 valence electrons. The van der Waals surface area contributed by atoms with Crippen molar-refractivity contribution in [3.8, 4) is 5.75 Å². The van der Waals surface area contributed by atoms with Gasteiger partial charge in [-0.15, -0.1) is 0 Å². The van der Waals surface area contributed by atoms with Crippen molar-refractivity contribution < 1.29 is 19.4 Å².